The Morgan fingerprint density at radius 2 is 1.85 bits per heavy atom. The lowest BCUT2D eigenvalue weighted by Gasteiger charge is -2.11. The second-order valence-corrected chi connectivity index (χ2v) is 7.57. The molecule has 0 saturated carbocycles. The van der Waals surface area contributed by atoms with Crippen LogP contribution >= 0.6 is 0 Å². The minimum atomic E-state index is -3.78. The fraction of sp³-hybridized carbons (Fsp3) is 0.167. The van der Waals surface area contributed by atoms with Crippen LogP contribution in [0, 0.1) is 0 Å². The maximum Gasteiger partial charge on any atom is 0.254 e. The van der Waals surface area contributed by atoms with Crippen LogP contribution in [0.25, 0.3) is 5.69 Å². The Kier molecular flexibility index (Phi) is 5.22. The van der Waals surface area contributed by atoms with Gasteiger partial charge in [-0.25, -0.2) is 8.42 Å². The quantitative estimate of drug-likeness (QED) is 0.690. The first kappa shape index (κ1) is 18.6. The predicted octanol–water partition coefficient (Wildman–Crippen LogP) is 1.61. The molecule has 0 unspecified atom stereocenters. The number of sulfone groups is 1. The van der Waals surface area contributed by atoms with E-state index < -0.39 is 9.84 Å². The number of benzene rings is 2. The van der Waals surface area contributed by atoms with E-state index in [2.05, 4.69) is 15.5 Å². The van der Waals surface area contributed by atoms with Gasteiger partial charge in [0.05, 0.1) is 18.6 Å². The highest BCUT2D eigenvalue weighted by Crippen LogP contribution is 2.25. The first-order chi connectivity index (χ1) is 13.0. The van der Waals surface area contributed by atoms with Crippen LogP contribution in [0.4, 0.5) is 0 Å². The monoisotopic (exact) mass is 386 g/mol. The first-order valence-electron chi connectivity index (χ1n) is 8.03. The second kappa shape index (κ2) is 7.58. The Bertz CT molecular complexity index is 1060. The van der Waals surface area contributed by atoms with Crippen molar-refractivity contribution in [2.75, 3.05) is 14.2 Å². The fourth-order valence-corrected chi connectivity index (χ4v) is 3.99. The third-order valence-corrected chi connectivity index (χ3v) is 5.49. The van der Waals surface area contributed by atoms with Crippen molar-refractivity contribution in [3.05, 3.63) is 66.0 Å². The highest BCUT2D eigenvalue weighted by atomic mass is 32.2. The zero-order valence-electron chi connectivity index (χ0n) is 14.8. The van der Waals surface area contributed by atoms with E-state index >= 15 is 0 Å². The van der Waals surface area contributed by atoms with E-state index in [-0.39, 0.29) is 16.8 Å². The summed E-state index contributed by atoms with van der Waals surface area (Å²) in [5.41, 5.74) is 1.52. The highest BCUT2D eigenvalue weighted by Gasteiger charge is 2.24. The van der Waals surface area contributed by atoms with Crippen molar-refractivity contribution in [2.24, 2.45) is 0 Å². The summed E-state index contributed by atoms with van der Waals surface area (Å²) in [5, 5.41) is 9.89. The lowest BCUT2D eigenvalue weighted by molar-refractivity contribution is 0.0963. The minimum Gasteiger partial charge on any atom is -0.495 e. The van der Waals surface area contributed by atoms with E-state index in [1.807, 2.05) is 0 Å². The molecule has 140 valence electrons. The van der Waals surface area contributed by atoms with Gasteiger partial charge in [0.15, 0.2) is 0 Å². The van der Waals surface area contributed by atoms with Crippen molar-refractivity contribution in [3.8, 4) is 11.4 Å². The van der Waals surface area contributed by atoms with Crippen molar-refractivity contribution in [1.82, 2.24) is 20.1 Å². The minimum absolute atomic E-state index is 0.178. The number of rotatable bonds is 6. The summed E-state index contributed by atoms with van der Waals surface area (Å²) >= 11 is 0. The Morgan fingerprint density at radius 3 is 2.52 bits per heavy atom. The molecule has 27 heavy (non-hydrogen) atoms. The summed E-state index contributed by atoms with van der Waals surface area (Å²) < 4.78 is 32.5. The summed E-state index contributed by atoms with van der Waals surface area (Å²) in [6.07, 6.45) is 1.33. The molecule has 9 heteroatoms. The van der Waals surface area contributed by atoms with Crippen LogP contribution in [-0.4, -0.2) is 43.2 Å². The van der Waals surface area contributed by atoms with Gasteiger partial charge in [-0.1, -0.05) is 24.3 Å². The summed E-state index contributed by atoms with van der Waals surface area (Å²) in [6.45, 7) is 0. The van der Waals surface area contributed by atoms with Gasteiger partial charge in [0.2, 0.25) is 9.84 Å². The third-order valence-electron chi connectivity index (χ3n) is 3.94. The third kappa shape index (κ3) is 3.82. The number of aromatic nitrogens is 3. The molecule has 0 aliphatic carbocycles. The van der Waals surface area contributed by atoms with Gasteiger partial charge in [-0.15, -0.1) is 10.2 Å². The first-order valence-corrected chi connectivity index (χ1v) is 9.68. The van der Waals surface area contributed by atoms with Crippen molar-refractivity contribution >= 4 is 15.7 Å². The van der Waals surface area contributed by atoms with Gasteiger partial charge in [0.25, 0.3) is 11.1 Å². The number of hydrogen-bond acceptors (Lipinski definition) is 6. The molecular weight excluding hydrogens is 368 g/mol. The lowest BCUT2D eigenvalue weighted by atomic mass is 10.1. The number of nitrogens with one attached hydrogen (secondary N) is 1. The van der Waals surface area contributed by atoms with Crippen LogP contribution in [0.2, 0.25) is 0 Å². The maximum absolute atomic E-state index is 12.9. The SMILES string of the molecule is CNC(=O)c1ccc(CS(=O)(=O)c2nncn2-c2ccccc2OC)cc1. The van der Waals surface area contributed by atoms with E-state index in [4.69, 9.17) is 4.74 Å². The number of hydrogen-bond donors (Lipinski definition) is 1. The van der Waals surface area contributed by atoms with Crippen LogP contribution in [0.3, 0.4) is 0 Å². The molecule has 1 aromatic heterocycles. The van der Waals surface area contributed by atoms with Gasteiger partial charge in [0.1, 0.15) is 12.1 Å². The summed E-state index contributed by atoms with van der Waals surface area (Å²) in [7, 11) is -0.741. The molecule has 0 saturated heterocycles. The number of carbonyl (C=O) groups excluding carboxylic acids is 1. The van der Waals surface area contributed by atoms with Crippen molar-refractivity contribution in [2.45, 2.75) is 10.9 Å². The molecule has 3 aromatic rings. The molecular formula is C18H18N4O4S. The number of ether oxygens (including phenoxy) is 1. The molecule has 0 atom stereocenters. The van der Waals surface area contributed by atoms with Crippen LogP contribution in [0.15, 0.2) is 60.0 Å². The smallest absolute Gasteiger partial charge is 0.254 e. The zero-order valence-corrected chi connectivity index (χ0v) is 15.6. The number of carbonyl (C=O) groups is 1. The average molecular weight is 386 g/mol. The van der Waals surface area contributed by atoms with Crippen LogP contribution < -0.4 is 10.1 Å². The molecule has 8 nitrogen and oxygen atoms in total. The van der Waals surface area contributed by atoms with Crippen LogP contribution in [0.5, 0.6) is 5.75 Å². The summed E-state index contributed by atoms with van der Waals surface area (Å²) in [4.78, 5) is 11.6. The molecule has 0 aliphatic rings. The predicted molar refractivity (Wildman–Crippen MR) is 98.6 cm³/mol. The number of amides is 1. The van der Waals surface area contributed by atoms with Gasteiger partial charge in [-0.3, -0.25) is 9.36 Å². The van der Waals surface area contributed by atoms with Crippen molar-refractivity contribution in [1.29, 1.82) is 0 Å². The molecule has 1 N–H and O–H groups in total. The molecule has 0 fully saturated rings. The highest BCUT2D eigenvalue weighted by molar-refractivity contribution is 7.90. The molecule has 1 amide bonds. The molecule has 0 spiro atoms. The van der Waals surface area contributed by atoms with E-state index in [9.17, 15) is 13.2 Å². The number of para-hydroxylation sites is 2. The normalized spacial score (nSPS) is 11.2. The molecule has 0 aliphatic heterocycles. The molecule has 0 radical (unpaired) electrons. The number of methoxy groups -OCH3 is 1. The van der Waals surface area contributed by atoms with Crippen LogP contribution in [0.1, 0.15) is 15.9 Å². The Hall–Kier alpha value is -3.20. The van der Waals surface area contributed by atoms with Crippen molar-refractivity contribution < 1.29 is 17.9 Å². The molecule has 0 bridgehead atoms. The van der Waals surface area contributed by atoms with E-state index in [1.165, 1.54) is 25.1 Å². The van der Waals surface area contributed by atoms with E-state index in [1.54, 1.807) is 48.5 Å². The Morgan fingerprint density at radius 1 is 1.15 bits per heavy atom. The van der Waals surface area contributed by atoms with E-state index in [0.717, 1.165) is 0 Å². The Balaban J connectivity index is 1.93. The Labute approximate surface area is 156 Å². The van der Waals surface area contributed by atoms with Gasteiger partial charge >= 0.3 is 0 Å². The fourth-order valence-electron chi connectivity index (χ4n) is 2.61. The van der Waals surface area contributed by atoms with Crippen molar-refractivity contribution in [3.63, 3.8) is 0 Å². The van der Waals surface area contributed by atoms with Gasteiger partial charge < -0.3 is 10.1 Å². The maximum atomic E-state index is 12.9. The average Bonchev–Trinajstić information content (AvgIpc) is 3.18. The van der Waals surface area contributed by atoms with Gasteiger partial charge in [0, 0.05) is 12.6 Å². The topological polar surface area (TPSA) is 103 Å². The van der Waals surface area contributed by atoms with Crippen LogP contribution in [-0.2, 0) is 15.6 Å². The molecule has 3 rings (SSSR count). The number of nitrogens with zero attached hydrogens (tertiary/aromatic N) is 3. The van der Waals surface area contributed by atoms with Gasteiger partial charge in [-0.05, 0) is 29.8 Å². The summed E-state index contributed by atoms with van der Waals surface area (Å²) in [5.74, 6) is -0.00139. The van der Waals surface area contributed by atoms with Gasteiger partial charge in [-0.2, -0.15) is 0 Å². The summed E-state index contributed by atoms with van der Waals surface area (Å²) in [6, 6.07) is 13.4. The molecule has 1 heterocycles. The zero-order chi connectivity index (χ0) is 19.4. The largest absolute Gasteiger partial charge is 0.495 e. The van der Waals surface area contributed by atoms with E-state index in [0.29, 0.717) is 22.6 Å². The standard InChI is InChI=1S/C18H18N4O4S/c1-19-17(23)14-9-7-13(8-10-14)11-27(24,25)18-21-20-12-22(18)15-5-3-4-6-16(15)26-2/h3-10,12H,11H2,1-2H3,(H,19,23). The lowest BCUT2D eigenvalue weighted by Crippen LogP contribution is -2.17. The molecule has 2 aromatic carbocycles. The second-order valence-electron chi connectivity index (χ2n) is 5.69.